The van der Waals surface area contributed by atoms with Gasteiger partial charge in [-0.25, -0.2) is 4.57 Å². The smallest absolute Gasteiger partial charge is 0.462 e. The summed E-state index contributed by atoms with van der Waals surface area (Å²) < 4.78 is 34.4. The molecule has 0 saturated heterocycles. The van der Waals surface area contributed by atoms with Crippen LogP contribution in [0, 0.1) is 0 Å². The highest BCUT2D eigenvalue weighted by molar-refractivity contribution is 7.47. The lowest BCUT2D eigenvalue weighted by molar-refractivity contribution is -0.870. The SMILES string of the molecule is CC/C=C\C/C=C\C/C=C\C/C=C\C/C=C\CCCC(=O)OC[C@H](COP(=O)(O)OCC[N+](C)(C)C)OC(=O)CCCCCCCCCCCCCCCCCCCCCCC. The summed E-state index contributed by atoms with van der Waals surface area (Å²) in [6.07, 6.45) is 54.3. The normalized spacial score (nSPS) is 14.0. The molecule has 0 bridgehead atoms. The van der Waals surface area contributed by atoms with Crippen LogP contribution in [-0.4, -0.2) is 74.9 Å². The van der Waals surface area contributed by atoms with Crippen molar-refractivity contribution >= 4 is 19.8 Å². The number of phosphoric ester groups is 1. The number of ether oxygens (including phenoxy) is 2. The summed E-state index contributed by atoms with van der Waals surface area (Å²) in [6.45, 7) is 4.26. The van der Waals surface area contributed by atoms with Gasteiger partial charge >= 0.3 is 19.8 Å². The molecular weight excluding hydrogens is 798 g/mol. The highest BCUT2D eigenvalue weighted by Crippen LogP contribution is 2.43. The van der Waals surface area contributed by atoms with Crippen molar-refractivity contribution in [1.82, 2.24) is 0 Å². The first-order valence-corrected chi connectivity index (χ1v) is 26.5. The zero-order chi connectivity index (χ0) is 45.7. The monoisotopic (exact) mass is 893 g/mol. The third kappa shape index (κ3) is 47.2. The number of unbranched alkanes of at least 4 members (excludes halogenated alkanes) is 21. The van der Waals surface area contributed by atoms with Crippen molar-refractivity contribution in [2.24, 2.45) is 0 Å². The van der Waals surface area contributed by atoms with Gasteiger partial charge in [0.15, 0.2) is 6.10 Å². The molecular formula is C52H95NO8P+. The average Bonchev–Trinajstić information content (AvgIpc) is 3.23. The van der Waals surface area contributed by atoms with Crippen LogP contribution in [0.2, 0.25) is 0 Å². The van der Waals surface area contributed by atoms with E-state index >= 15 is 0 Å². The molecule has 0 aromatic heterocycles. The maximum atomic E-state index is 12.7. The Hall–Kier alpha value is -2.29. The topological polar surface area (TPSA) is 108 Å². The molecule has 1 unspecified atom stereocenters. The number of likely N-dealkylation sites (N-methyl/N-ethyl adjacent to an activating group) is 1. The molecule has 0 fully saturated rings. The number of carbonyl (C=O) groups excluding carboxylic acids is 2. The van der Waals surface area contributed by atoms with Crippen molar-refractivity contribution in [3.05, 3.63) is 60.8 Å². The molecule has 0 amide bonds. The van der Waals surface area contributed by atoms with Gasteiger partial charge in [0, 0.05) is 12.8 Å². The second-order valence-electron chi connectivity index (χ2n) is 17.8. The summed E-state index contributed by atoms with van der Waals surface area (Å²) in [6, 6.07) is 0. The van der Waals surface area contributed by atoms with E-state index in [2.05, 4.69) is 74.6 Å². The van der Waals surface area contributed by atoms with Gasteiger partial charge in [0.1, 0.15) is 19.8 Å². The average molecular weight is 893 g/mol. The molecule has 0 heterocycles. The predicted octanol–water partition coefficient (Wildman–Crippen LogP) is 14.8. The summed E-state index contributed by atoms with van der Waals surface area (Å²) in [5.74, 6) is -0.862. The number of hydrogen-bond donors (Lipinski definition) is 1. The molecule has 0 rings (SSSR count). The Labute approximate surface area is 381 Å². The van der Waals surface area contributed by atoms with Crippen molar-refractivity contribution in [3.63, 3.8) is 0 Å². The van der Waals surface area contributed by atoms with Crippen LogP contribution >= 0.6 is 7.82 Å². The fourth-order valence-electron chi connectivity index (χ4n) is 6.70. The van der Waals surface area contributed by atoms with Crippen LogP contribution in [0.1, 0.15) is 206 Å². The van der Waals surface area contributed by atoms with Crippen molar-refractivity contribution in [1.29, 1.82) is 0 Å². The fourth-order valence-corrected chi connectivity index (χ4v) is 7.44. The predicted molar refractivity (Wildman–Crippen MR) is 261 cm³/mol. The molecule has 0 aliphatic rings. The van der Waals surface area contributed by atoms with Gasteiger partial charge in [0.2, 0.25) is 0 Å². The molecule has 62 heavy (non-hydrogen) atoms. The fraction of sp³-hybridized carbons (Fsp3) is 0.769. The van der Waals surface area contributed by atoms with E-state index < -0.39 is 32.5 Å². The zero-order valence-corrected chi connectivity index (χ0v) is 41.5. The quantitative estimate of drug-likeness (QED) is 0.0212. The Morgan fingerprint density at radius 2 is 0.919 bits per heavy atom. The third-order valence-electron chi connectivity index (χ3n) is 10.6. The number of nitrogens with zero attached hydrogens (tertiary/aromatic N) is 1. The standard InChI is InChI=1S/C52H94NO8P/c1-6-8-10-12-14-16-18-20-22-24-25-26-27-29-31-33-35-37-39-41-43-45-52(55)61-50(49-60-62(56,57)59-47-46-53(3,4)5)48-58-51(54)44-42-40-38-36-34-32-30-28-23-21-19-17-15-13-11-9-7-2/h9,11,15,17,21,23,30,32,36,38,50H,6-8,10,12-14,16,18-20,22,24-29,31,33-35,37,39-49H2,1-5H3/p+1/b11-9-,17-15-,23-21-,32-30-,38-36-/t50-/m1/s1. The minimum absolute atomic E-state index is 0.0219. The van der Waals surface area contributed by atoms with Crippen molar-refractivity contribution in [3.8, 4) is 0 Å². The van der Waals surface area contributed by atoms with Gasteiger partial charge in [-0.2, -0.15) is 0 Å². The van der Waals surface area contributed by atoms with E-state index in [1.165, 1.54) is 116 Å². The van der Waals surface area contributed by atoms with Crippen LogP contribution in [0.15, 0.2) is 60.8 Å². The Kier molecular flexibility index (Phi) is 42.3. The lowest BCUT2D eigenvalue weighted by Crippen LogP contribution is -2.37. The van der Waals surface area contributed by atoms with Gasteiger partial charge in [-0.1, -0.05) is 203 Å². The van der Waals surface area contributed by atoms with Gasteiger partial charge in [0.05, 0.1) is 27.7 Å². The number of quaternary nitrogens is 1. The molecule has 2 atom stereocenters. The maximum Gasteiger partial charge on any atom is 0.472 e. The number of rotatable bonds is 45. The molecule has 9 nitrogen and oxygen atoms in total. The second kappa shape index (κ2) is 43.9. The molecule has 0 aliphatic heterocycles. The number of hydrogen-bond acceptors (Lipinski definition) is 7. The lowest BCUT2D eigenvalue weighted by atomic mass is 10.0. The summed E-state index contributed by atoms with van der Waals surface area (Å²) >= 11 is 0. The Balaban J connectivity index is 4.32. The third-order valence-corrected chi connectivity index (χ3v) is 11.5. The van der Waals surface area contributed by atoms with Gasteiger partial charge in [-0.15, -0.1) is 0 Å². The summed E-state index contributed by atoms with van der Waals surface area (Å²) in [5, 5.41) is 0. The zero-order valence-electron chi connectivity index (χ0n) is 40.6. The van der Waals surface area contributed by atoms with Crippen LogP contribution in [0.5, 0.6) is 0 Å². The minimum Gasteiger partial charge on any atom is -0.462 e. The molecule has 10 heteroatoms. The van der Waals surface area contributed by atoms with E-state index in [1.54, 1.807) is 0 Å². The summed E-state index contributed by atoms with van der Waals surface area (Å²) in [4.78, 5) is 35.5. The van der Waals surface area contributed by atoms with Crippen LogP contribution in [0.4, 0.5) is 0 Å². The molecule has 0 spiro atoms. The van der Waals surface area contributed by atoms with Gasteiger partial charge < -0.3 is 18.9 Å². The Morgan fingerprint density at radius 1 is 0.516 bits per heavy atom. The molecule has 0 aliphatic carbocycles. The summed E-state index contributed by atoms with van der Waals surface area (Å²) in [7, 11) is 1.45. The molecule has 0 radical (unpaired) electrons. The van der Waals surface area contributed by atoms with Gasteiger partial charge in [-0.3, -0.25) is 18.6 Å². The van der Waals surface area contributed by atoms with Crippen LogP contribution in [0.3, 0.4) is 0 Å². The Morgan fingerprint density at radius 3 is 1.35 bits per heavy atom. The van der Waals surface area contributed by atoms with E-state index in [1.807, 2.05) is 21.1 Å². The van der Waals surface area contributed by atoms with Crippen molar-refractivity contribution in [2.45, 2.75) is 213 Å². The maximum absolute atomic E-state index is 12.7. The number of phosphoric acid groups is 1. The van der Waals surface area contributed by atoms with Gasteiger partial charge in [0.25, 0.3) is 0 Å². The van der Waals surface area contributed by atoms with E-state index in [0.717, 1.165) is 51.4 Å². The minimum atomic E-state index is -4.39. The highest BCUT2D eigenvalue weighted by Gasteiger charge is 2.27. The first-order valence-electron chi connectivity index (χ1n) is 25.0. The number of allylic oxidation sites excluding steroid dienone is 10. The Bertz CT molecular complexity index is 1240. The van der Waals surface area contributed by atoms with Crippen LogP contribution in [-0.2, 0) is 32.7 Å². The first kappa shape index (κ1) is 59.7. The highest BCUT2D eigenvalue weighted by atomic mass is 31.2. The summed E-state index contributed by atoms with van der Waals surface area (Å²) in [5.41, 5.74) is 0. The first-order chi connectivity index (χ1) is 30.0. The number of esters is 2. The second-order valence-corrected chi connectivity index (χ2v) is 19.3. The molecule has 360 valence electrons. The van der Waals surface area contributed by atoms with E-state index in [-0.39, 0.29) is 26.1 Å². The molecule has 0 saturated carbocycles. The molecule has 0 aromatic rings. The lowest BCUT2D eigenvalue weighted by Gasteiger charge is -2.24. The largest absolute Gasteiger partial charge is 0.472 e. The van der Waals surface area contributed by atoms with Crippen molar-refractivity contribution < 1.29 is 42.1 Å². The molecule has 0 aromatic carbocycles. The van der Waals surface area contributed by atoms with E-state index in [9.17, 15) is 19.0 Å². The van der Waals surface area contributed by atoms with Gasteiger partial charge in [-0.05, 0) is 51.4 Å². The van der Waals surface area contributed by atoms with Crippen LogP contribution in [0.25, 0.3) is 0 Å². The molecule has 1 N–H and O–H groups in total. The van der Waals surface area contributed by atoms with Crippen LogP contribution < -0.4 is 0 Å². The van der Waals surface area contributed by atoms with E-state index in [0.29, 0.717) is 23.9 Å². The van der Waals surface area contributed by atoms with E-state index in [4.69, 9.17) is 18.5 Å². The number of carbonyl (C=O) groups is 2. The van der Waals surface area contributed by atoms with Crippen molar-refractivity contribution in [2.75, 3.05) is 47.5 Å².